The number of thiazole rings is 1. The van der Waals surface area contributed by atoms with Gasteiger partial charge in [-0.1, -0.05) is 11.6 Å². The first kappa shape index (κ1) is 17.5. The number of rotatable bonds is 3. The van der Waals surface area contributed by atoms with Crippen LogP contribution in [0.25, 0.3) is 10.9 Å². The molecule has 136 valence electrons. The van der Waals surface area contributed by atoms with E-state index in [1.54, 1.807) is 11.3 Å². The van der Waals surface area contributed by atoms with Gasteiger partial charge in [-0.3, -0.25) is 10.1 Å². The van der Waals surface area contributed by atoms with Crippen molar-refractivity contribution in [3.8, 4) is 0 Å². The van der Waals surface area contributed by atoms with Crippen LogP contribution in [0.15, 0.2) is 18.2 Å². The molecule has 0 unspecified atom stereocenters. The molecule has 0 atom stereocenters. The predicted octanol–water partition coefficient (Wildman–Crippen LogP) is 4.32. The standard InChI is InChI=1S/C19H21ClN4OS/c1-4-24-15-6-5-12(20)9-13(15)11(2)17(24)18(25)22-19-21-14-7-8-23(3)10-16(14)26-19/h5-6,9H,4,7-8,10H2,1-3H3,(H,21,22,25). The van der Waals surface area contributed by atoms with Gasteiger partial charge in [0.05, 0.1) is 5.69 Å². The Bertz CT molecular complexity index is 1010. The quantitative estimate of drug-likeness (QED) is 0.726. The third-order valence-corrected chi connectivity index (χ3v) is 6.19. The monoisotopic (exact) mass is 388 g/mol. The van der Waals surface area contributed by atoms with Gasteiger partial charge in [0, 0.05) is 46.9 Å². The molecule has 0 saturated carbocycles. The minimum Gasteiger partial charge on any atom is -0.337 e. The molecule has 5 nitrogen and oxygen atoms in total. The molecule has 0 aliphatic carbocycles. The molecule has 3 heterocycles. The van der Waals surface area contributed by atoms with E-state index in [4.69, 9.17) is 11.6 Å². The highest BCUT2D eigenvalue weighted by molar-refractivity contribution is 7.15. The number of nitrogens with one attached hydrogen (secondary N) is 1. The highest BCUT2D eigenvalue weighted by atomic mass is 35.5. The van der Waals surface area contributed by atoms with Crippen LogP contribution in [0.3, 0.4) is 0 Å². The van der Waals surface area contributed by atoms with Crippen LogP contribution in [0, 0.1) is 6.92 Å². The highest BCUT2D eigenvalue weighted by Gasteiger charge is 2.23. The lowest BCUT2D eigenvalue weighted by molar-refractivity contribution is 0.101. The predicted molar refractivity (Wildman–Crippen MR) is 107 cm³/mol. The molecule has 1 aliphatic rings. The second-order valence-electron chi connectivity index (χ2n) is 6.71. The SMILES string of the molecule is CCn1c(C(=O)Nc2nc3c(s2)CN(C)CC3)c(C)c2cc(Cl)ccc21. The van der Waals surface area contributed by atoms with E-state index in [2.05, 4.69) is 22.2 Å². The van der Waals surface area contributed by atoms with Crippen molar-refractivity contribution in [2.75, 3.05) is 18.9 Å². The van der Waals surface area contributed by atoms with E-state index >= 15 is 0 Å². The van der Waals surface area contributed by atoms with Crippen LogP contribution in [0.2, 0.25) is 5.02 Å². The molecule has 0 spiro atoms. The van der Waals surface area contributed by atoms with Crippen molar-refractivity contribution in [2.24, 2.45) is 0 Å². The molecule has 0 fully saturated rings. The molecular formula is C19H21ClN4OS. The summed E-state index contributed by atoms with van der Waals surface area (Å²) < 4.78 is 2.04. The molecule has 7 heteroatoms. The van der Waals surface area contributed by atoms with E-state index in [9.17, 15) is 4.79 Å². The number of hydrogen-bond acceptors (Lipinski definition) is 4. The van der Waals surface area contributed by atoms with Crippen LogP contribution in [-0.4, -0.2) is 34.0 Å². The fourth-order valence-electron chi connectivity index (χ4n) is 3.65. The molecule has 0 bridgehead atoms. The number of hydrogen-bond donors (Lipinski definition) is 1. The second-order valence-corrected chi connectivity index (χ2v) is 8.23. The Morgan fingerprint density at radius 2 is 2.23 bits per heavy atom. The van der Waals surface area contributed by atoms with Crippen molar-refractivity contribution in [2.45, 2.75) is 33.4 Å². The van der Waals surface area contributed by atoms with E-state index < -0.39 is 0 Å². The Morgan fingerprint density at radius 1 is 1.42 bits per heavy atom. The number of aromatic nitrogens is 2. The molecule has 1 aliphatic heterocycles. The summed E-state index contributed by atoms with van der Waals surface area (Å²) in [4.78, 5) is 21.2. The van der Waals surface area contributed by atoms with Crippen LogP contribution in [0.5, 0.6) is 0 Å². The number of amides is 1. The van der Waals surface area contributed by atoms with Crippen LogP contribution >= 0.6 is 22.9 Å². The van der Waals surface area contributed by atoms with Crippen LogP contribution in [0.1, 0.15) is 33.5 Å². The molecule has 26 heavy (non-hydrogen) atoms. The maximum absolute atomic E-state index is 13.0. The minimum absolute atomic E-state index is 0.115. The summed E-state index contributed by atoms with van der Waals surface area (Å²) in [5.41, 5.74) is 3.76. The number of carbonyl (C=O) groups excluding carboxylic acids is 1. The van der Waals surface area contributed by atoms with E-state index in [0.29, 0.717) is 22.4 Å². The lowest BCUT2D eigenvalue weighted by Gasteiger charge is -2.20. The van der Waals surface area contributed by atoms with Gasteiger partial charge in [-0.25, -0.2) is 4.98 Å². The zero-order valence-electron chi connectivity index (χ0n) is 15.1. The maximum Gasteiger partial charge on any atom is 0.274 e. The van der Waals surface area contributed by atoms with Crippen molar-refractivity contribution in [3.05, 3.63) is 45.1 Å². The molecule has 2 aromatic heterocycles. The minimum atomic E-state index is -0.115. The number of benzene rings is 1. The first-order valence-corrected chi connectivity index (χ1v) is 9.94. The van der Waals surface area contributed by atoms with Gasteiger partial charge in [0.25, 0.3) is 5.91 Å². The van der Waals surface area contributed by atoms with Gasteiger partial charge in [0.1, 0.15) is 5.69 Å². The van der Waals surface area contributed by atoms with Crippen molar-refractivity contribution >= 4 is 44.9 Å². The third kappa shape index (κ3) is 2.92. The normalized spacial score (nSPS) is 14.6. The van der Waals surface area contributed by atoms with Gasteiger partial charge in [-0.05, 0) is 44.7 Å². The van der Waals surface area contributed by atoms with Gasteiger partial charge in [-0.15, -0.1) is 11.3 Å². The molecule has 1 aromatic carbocycles. The molecular weight excluding hydrogens is 368 g/mol. The van der Waals surface area contributed by atoms with Crippen molar-refractivity contribution in [1.82, 2.24) is 14.5 Å². The van der Waals surface area contributed by atoms with Gasteiger partial charge in [0.2, 0.25) is 0 Å². The molecule has 4 rings (SSSR count). The van der Waals surface area contributed by atoms with E-state index in [-0.39, 0.29) is 5.91 Å². The lowest BCUT2D eigenvalue weighted by atomic mass is 10.1. The summed E-state index contributed by atoms with van der Waals surface area (Å²) in [7, 11) is 2.11. The van der Waals surface area contributed by atoms with Crippen LogP contribution < -0.4 is 5.32 Å². The Morgan fingerprint density at radius 3 is 3.00 bits per heavy atom. The zero-order valence-corrected chi connectivity index (χ0v) is 16.7. The number of fused-ring (bicyclic) bond motifs is 2. The fourth-order valence-corrected chi connectivity index (χ4v) is 4.90. The molecule has 0 saturated heterocycles. The number of carbonyl (C=O) groups is 1. The van der Waals surface area contributed by atoms with Crippen molar-refractivity contribution in [1.29, 1.82) is 0 Å². The topological polar surface area (TPSA) is 50.2 Å². The molecule has 0 radical (unpaired) electrons. The maximum atomic E-state index is 13.0. The Kier molecular flexibility index (Phi) is 4.50. The Hall–Kier alpha value is -1.89. The summed E-state index contributed by atoms with van der Waals surface area (Å²) in [6.45, 7) is 6.64. The average molecular weight is 389 g/mol. The van der Waals surface area contributed by atoms with E-state index in [0.717, 1.165) is 41.7 Å². The smallest absolute Gasteiger partial charge is 0.274 e. The number of anilines is 1. The zero-order chi connectivity index (χ0) is 18.4. The fraction of sp³-hybridized carbons (Fsp3) is 0.368. The second kappa shape index (κ2) is 6.68. The molecule has 3 aromatic rings. The summed E-state index contributed by atoms with van der Waals surface area (Å²) in [6, 6.07) is 5.76. The Balaban J connectivity index is 1.69. The molecule has 1 amide bonds. The summed E-state index contributed by atoms with van der Waals surface area (Å²) in [5.74, 6) is -0.115. The summed E-state index contributed by atoms with van der Waals surface area (Å²) in [5, 5.41) is 5.40. The highest BCUT2D eigenvalue weighted by Crippen LogP contribution is 2.31. The van der Waals surface area contributed by atoms with Crippen LogP contribution in [0.4, 0.5) is 5.13 Å². The van der Waals surface area contributed by atoms with Crippen molar-refractivity contribution < 1.29 is 4.79 Å². The summed E-state index contributed by atoms with van der Waals surface area (Å²) in [6.07, 6.45) is 0.935. The molecule has 1 N–H and O–H groups in total. The largest absolute Gasteiger partial charge is 0.337 e. The number of likely N-dealkylation sites (N-methyl/N-ethyl adjacent to an activating group) is 1. The van der Waals surface area contributed by atoms with Crippen molar-refractivity contribution in [3.63, 3.8) is 0 Å². The number of aryl methyl sites for hydroxylation is 2. The number of nitrogens with zero attached hydrogens (tertiary/aromatic N) is 3. The Labute approximate surface area is 161 Å². The van der Waals surface area contributed by atoms with E-state index in [1.165, 1.54) is 4.88 Å². The van der Waals surface area contributed by atoms with E-state index in [1.807, 2.05) is 36.6 Å². The first-order chi connectivity index (χ1) is 12.5. The third-order valence-electron chi connectivity index (χ3n) is 4.95. The average Bonchev–Trinajstić information content (AvgIpc) is 3.12. The summed E-state index contributed by atoms with van der Waals surface area (Å²) >= 11 is 7.73. The first-order valence-electron chi connectivity index (χ1n) is 8.74. The van der Waals surface area contributed by atoms with Gasteiger partial charge < -0.3 is 9.47 Å². The van der Waals surface area contributed by atoms with Crippen LogP contribution in [-0.2, 0) is 19.5 Å². The van der Waals surface area contributed by atoms with Gasteiger partial charge in [-0.2, -0.15) is 0 Å². The lowest BCUT2D eigenvalue weighted by Crippen LogP contribution is -2.25. The van der Waals surface area contributed by atoms with Gasteiger partial charge >= 0.3 is 0 Å². The number of halogens is 1. The van der Waals surface area contributed by atoms with Gasteiger partial charge in [0.15, 0.2) is 5.13 Å².